The maximum atomic E-state index is 13.2. The fourth-order valence-corrected chi connectivity index (χ4v) is 5.28. The van der Waals surface area contributed by atoms with Gasteiger partial charge in [0.05, 0.1) is 12.4 Å². The third-order valence-electron chi connectivity index (χ3n) is 6.69. The number of nitrogen functional groups attached to an aromatic ring is 1. The van der Waals surface area contributed by atoms with Gasteiger partial charge in [-0.3, -0.25) is 19.5 Å². The first-order valence-electron chi connectivity index (χ1n) is 10.9. The van der Waals surface area contributed by atoms with Crippen molar-refractivity contribution in [2.75, 3.05) is 31.9 Å². The number of amides is 1. The molecule has 5 heterocycles. The first-order valence-corrected chi connectivity index (χ1v) is 10.9. The zero-order chi connectivity index (χ0) is 20.7. The topological polar surface area (TPSA) is 97.4 Å². The maximum absolute atomic E-state index is 13.2. The molecule has 0 radical (unpaired) electrons. The van der Waals surface area contributed by atoms with Crippen molar-refractivity contribution < 1.29 is 4.79 Å². The van der Waals surface area contributed by atoms with Gasteiger partial charge in [0.25, 0.3) is 11.5 Å². The van der Waals surface area contributed by atoms with Gasteiger partial charge in [-0.2, -0.15) is 0 Å². The number of carbonyl (C=O) groups is 1. The molecule has 8 heteroatoms. The largest absolute Gasteiger partial charge is 0.382 e. The summed E-state index contributed by atoms with van der Waals surface area (Å²) >= 11 is 0. The molecule has 2 aromatic rings. The Labute approximate surface area is 175 Å². The van der Waals surface area contributed by atoms with Crippen LogP contribution in [0, 0.1) is 5.92 Å². The van der Waals surface area contributed by atoms with Crippen LogP contribution in [-0.2, 0) is 13.1 Å². The minimum atomic E-state index is -0.137. The predicted octanol–water partition coefficient (Wildman–Crippen LogP) is 1.47. The van der Waals surface area contributed by atoms with Crippen molar-refractivity contribution in [1.29, 1.82) is 0 Å². The lowest BCUT2D eigenvalue weighted by atomic mass is 9.83. The van der Waals surface area contributed by atoms with Crippen molar-refractivity contribution in [2.24, 2.45) is 5.92 Å². The monoisotopic (exact) mass is 408 g/mol. The molecule has 0 saturated carbocycles. The number of nitrogens with zero attached hydrogens (tertiary/aromatic N) is 5. The molecular formula is C22H28N6O2. The minimum Gasteiger partial charge on any atom is -0.382 e. The van der Waals surface area contributed by atoms with E-state index in [1.54, 1.807) is 0 Å². The number of hydrogen-bond donors (Lipinski definition) is 1. The molecule has 1 amide bonds. The van der Waals surface area contributed by atoms with Crippen LogP contribution < -0.4 is 11.3 Å². The quantitative estimate of drug-likeness (QED) is 0.826. The van der Waals surface area contributed by atoms with Crippen LogP contribution in [0.15, 0.2) is 29.3 Å². The summed E-state index contributed by atoms with van der Waals surface area (Å²) in [5.41, 5.74) is 8.07. The molecule has 2 saturated heterocycles. The highest BCUT2D eigenvalue weighted by Gasteiger charge is 2.37. The number of nitrogens with two attached hydrogens (primary N) is 1. The van der Waals surface area contributed by atoms with Gasteiger partial charge in [-0.05, 0) is 44.3 Å². The minimum absolute atomic E-state index is 0.137. The Bertz CT molecular complexity index is 1010. The summed E-state index contributed by atoms with van der Waals surface area (Å²) in [5.74, 6) is 0.558. The molecule has 3 aliphatic heterocycles. The van der Waals surface area contributed by atoms with Crippen LogP contribution in [0.4, 0.5) is 5.82 Å². The van der Waals surface area contributed by atoms with Crippen LogP contribution in [0.25, 0.3) is 0 Å². The van der Waals surface area contributed by atoms with E-state index in [1.807, 2.05) is 15.5 Å². The van der Waals surface area contributed by atoms with Gasteiger partial charge in [-0.1, -0.05) is 12.5 Å². The van der Waals surface area contributed by atoms with Crippen molar-refractivity contribution in [3.8, 4) is 0 Å². The second kappa shape index (κ2) is 7.83. The van der Waals surface area contributed by atoms with Crippen LogP contribution >= 0.6 is 0 Å². The number of pyridine rings is 1. The summed E-state index contributed by atoms with van der Waals surface area (Å²) in [7, 11) is 0. The van der Waals surface area contributed by atoms with E-state index in [9.17, 15) is 9.59 Å². The van der Waals surface area contributed by atoms with E-state index in [1.165, 1.54) is 31.7 Å². The second-order valence-corrected chi connectivity index (χ2v) is 8.87. The summed E-state index contributed by atoms with van der Waals surface area (Å²) in [5, 5.41) is 0. The number of anilines is 1. The highest BCUT2D eigenvalue weighted by molar-refractivity contribution is 5.92. The Morgan fingerprint density at radius 2 is 1.93 bits per heavy atom. The van der Waals surface area contributed by atoms with E-state index in [0.29, 0.717) is 19.6 Å². The van der Waals surface area contributed by atoms with Gasteiger partial charge in [0, 0.05) is 43.4 Å². The van der Waals surface area contributed by atoms with Gasteiger partial charge >= 0.3 is 0 Å². The van der Waals surface area contributed by atoms with Crippen molar-refractivity contribution >= 4 is 11.7 Å². The molecule has 30 heavy (non-hydrogen) atoms. The molecule has 2 aromatic heterocycles. The molecule has 8 nitrogen and oxygen atoms in total. The number of aromatic nitrogens is 3. The van der Waals surface area contributed by atoms with E-state index in [-0.39, 0.29) is 34.8 Å². The predicted molar refractivity (Wildman–Crippen MR) is 113 cm³/mol. The fraction of sp³-hybridized carbons (Fsp3) is 0.545. The van der Waals surface area contributed by atoms with Crippen molar-refractivity contribution in [1.82, 2.24) is 24.3 Å². The summed E-state index contributed by atoms with van der Waals surface area (Å²) in [4.78, 5) is 38.5. The van der Waals surface area contributed by atoms with Gasteiger partial charge in [0.1, 0.15) is 11.5 Å². The molecule has 0 aliphatic carbocycles. The van der Waals surface area contributed by atoms with Crippen LogP contribution in [0.2, 0.25) is 0 Å². The molecule has 3 aliphatic rings. The van der Waals surface area contributed by atoms with E-state index in [2.05, 4.69) is 20.9 Å². The summed E-state index contributed by atoms with van der Waals surface area (Å²) in [6, 6.07) is 4.11. The Morgan fingerprint density at radius 3 is 2.73 bits per heavy atom. The van der Waals surface area contributed by atoms with Gasteiger partial charge in [0.2, 0.25) is 0 Å². The number of likely N-dealkylation sites (tertiary alicyclic amines) is 2. The number of carbonyl (C=O) groups excluding carboxylic acids is 1. The molecule has 0 spiro atoms. The van der Waals surface area contributed by atoms with Gasteiger partial charge in [0.15, 0.2) is 0 Å². The van der Waals surface area contributed by atoms with E-state index >= 15 is 0 Å². The molecule has 158 valence electrons. The average Bonchev–Trinajstić information content (AvgIpc) is 2.76. The SMILES string of the molecule is Nc1cncc(C(=O)N2C[C@@H]3C[C@H](C2)c2ccc(CN4CCCCC4)c(=O)n2C3)n1. The Kier molecular flexibility index (Phi) is 5.02. The van der Waals surface area contributed by atoms with Crippen molar-refractivity contribution in [3.05, 3.63) is 51.8 Å². The molecule has 2 bridgehead atoms. The molecule has 5 rings (SSSR count). The Hall–Kier alpha value is -2.74. The average molecular weight is 409 g/mol. The summed E-state index contributed by atoms with van der Waals surface area (Å²) in [6.07, 6.45) is 7.65. The molecule has 2 atom stereocenters. The first-order chi connectivity index (χ1) is 14.6. The van der Waals surface area contributed by atoms with Crippen molar-refractivity contribution in [2.45, 2.75) is 44.7 Å². The molecule has 0 aromatic carbocycles. The van der Waals surface area contributed by atoms with Gasteiger partial charge in [-0.25, -0.2) is 4.98 Å². The van der Waals surface area contributed by atoms with Crippen LogP contribution in [0.3, 0.4) is 0 Å². The Morgan fingerprint density at radius 1 is 1.10 bits per heavy atom. The highest BCUT2D eigenvalue weighted by atomic mass is 16.2. The smallest absolute Gasteiger partial charge is 0.274 e. The zero-order valence-electron chi connectivity index (χ0n) is 17.2. The number of rotatable bonds is 3. The third-order valence-corrected chi connectivity index (χ3v) is 6.69. The second-order valence-electron chi connectivity index (χ2n) is 8.87. The lowest BCUT2D eigenvalue weighted by molar-refractivity contribution is 0.0588. The summed E-state index contributed by atoms with van der Waals surface area (Å²) < 4.78 is 1.97. The van der Waals surface area contributed by atoms with Crippen molar-refractivity contribution in [3.63, 3.8) is 0 Å². The normalized spacial score (nSPS) is 23.8. The standard InChI is InChI=1S/C22H28N6O2/c23-20-10-24-9-18(25-20)22(30)27-11-15-8-17(14-27)19-5-4-16(21(29)28(19)12-15)13-26-6-2-1-3-7-26/h4-5,9-10,15,17H,1-3,6-8,11-14H2,(H2,23,25)/t15-,17+/m0/s1. The fourth-order valence-electron chi connectivity index (χ4n) is 5.28. The molecular weight excluding hydrogens is 380 g/mol. The Balaban J connectivity index is 1.37. The van der Waals surface area contributed by atoms with Crippen LogP contribution in [-0.4, -0.2) is 56.4 Å². The first kappa shape index (κ1) is 19.2. The molecule has 0 unspecified atom stereocenters. The molecule has 2 fully saturated rings. The lowest BCUT2D eigenvalue weighted by Crippen LogP contribution is -2.49. The van der Waals surface area contributed by atoms with Gasteiger partial charge in [-0.15, -0.1) is 0 Å². The van der Waals surface area contributed by atoms with Crippen LogP contribution in [0.1, 0.15) is 53.3 Å². The lowest BCUT2D eigenvalue weighted by Gasteiger charge is -2.42. The van der Waals surface area contributed by atoms with Gasteiger partial charge < -0.3 is 15.2 Å². The van der Waals surface area contributed by atoms with E-state index < -0.39 is 0 Å². The number of piperidine rings is 2. The molecule has 2 N–H and O–H groups in total. The number of fused-ring (bicyclic) bond motifs is 4. The van der Waals surface area contributed by atoms with E-state index in [4.69, 9.17) is 5.73 Å². The third kappa shape index (κ3) is 3.60. The summed E-state index contributed by atoms with van der Waals surface area (Å²) in [6.45, 7) is 4.80. The zero-order valence-corrected chi connectivity index (χ0v) is 17.2. The number of hydrogen-bond acceptors (Lipinski definition) is 6. The maximum Gasteiger partial charge on any atom is 0.274 e. The van der Waals surface area contributed by atoms with E-state index in [0.717, 1.165) is 37.3 Å². The highest BCUT2D eigenvalue weighted by Crippen LogP contribution is 2.35. The van der Waals surface area contributed by atoms with Crippen LogP contribution in [0.5, 0.6) is 0 Å².